The average Bonchev–Trinajstić information content (AvgIpc) is 2.61. The van der Waals surface area contributed by atoms with Crippen molar-refractivity contribution >= 4 is 11.7 Å². The monoisotopic (exact) mass is 349 g/mol. The Morgan fingerprint density at radius 1 is 1.04 bits per heavy atom. The number of ketones is 1. The molecule has 1 saturated heterocycles. The predicted octanol–water partition coefficient (Wildman–Crippen LogP) is 4.18. The van der Waals surface area contributed by atoms with Crippen molar-refractivity contribution in [3.05, 3.63) is 52.8 Å². The molecular weight excluding hydrogens is 322 g/mol. The highest BCUT2D eigenvalue weighted by Crippen LogP contribution is 2.33. The molecule has 2 heterocycles. The van der Waals surface area contributed by atoms with E-state index in [4.69, 9.17) is 4.98 Å². The Kier molecular flexibility index (Phi) is 4.51. The molecule has 2 aliphatic rings. The number of carbonyl (C=O) groups is 1. The van der Waals surface area contributed by atoms with Gasteiger partial charge in [-0.2, -0.15) is 0 Å². The molecule has 136 valence electrons. The van der Waals surface area contributed by atoms with Crippen molar-refractivity contribution in [3.8, 4) is 0 Å². The Bertz CT molecular complexity index is 805. The number of hydrogen-bond acceptors (Lipinski definition) is 4. The maximum absolute atomic E-state index is 12.6. The van der Waals surface area contributed by atoms with Crippen LogP contribution in [0.4, 0.5) is 5.95 Å². The minimum Gasteiger partial charge on any atom is -0.340 e. The third-order valence-corrected chi connectivity index (χ3v) is 5.73. The maximum Gasteiger partial charge on any atom is 0.225 e. The molecule has 1 aromatic heterocycles. The fourth-order valence-corrected chi connectivity index (χ4v) is 4.49. The molecule has 26 heavy (non-hydrogen) atoms. The Morgan fingerprint density at radius 2 is 1.73 bits per heavy atom. The van der Waals surface area contributed by atoms with Crippen LogP contribution in [0.3, 0.4) is 0 Å². The lowest BCUT2D eigenvalue weighted by Gasteiger charge is -2.35. The minimum absolute atomic E-state index is 0.170. The smallest absolute Gasteiger partial charge is 0.225 e. The van der Waals surface area contributed by atoms with Crippen molar-refractivity contribution in [2.45, 2.75) is 46.0 Å². The summed E-state index contributed by atoms with van der Waals surface area (Å²) < 4.78 is 0. The van der Waals surface area contributed by atoms with Crippen LogP contribution in [0.25, 0.3) is 0 Å². The third-order valence-electron chi connectivity index (χ3n) is 5.73. The molecule has 0 radical (unpaired) electrons. The highest BCUT2D eigenvalue weighted by molar-refractivity contribution is 5.98. The van der Waals surface area contributed by atoms with Crippen LogP contribution in [-0.4, -0.2) is 28.8 Å². The van der Waals surface area contributed by atoms with Crippen LogP contribution in [0.15, 0.2) is 30.5 Å². The van der Waals surface area contributed by atoms with Crippen LogP contribution in [-0.2, 0) is 6.42 Å². The van der Waals surface area contributed by atoms with E-state index >= 15 is 0 Å². The van der Waals surface area contributed by atoms with Gasteiger partial charge in [0.2, 0.25) is 5.95 Å². The Morgan fingerprint density at radius 3 is 2.42 bits per heavy atom. The van der Waals surface area contributed by atoms with E-state index in [2.05, 4.69) is 54.9 Å². The van der Waals surface area contributed by atoms with Gasteiger partial charge in [-0.1, -0.05) is 43.7 Å². The van der Waals surface area contributed by atoms with E-state index in [1.165, 1.54) is 17.5 Å². The number of aromatic nitrogens is 2. The number of benzene rings is 1. The number of hydrogen-bond donors (Lipinski definition) is 0. The zero-order chi connectivity index (χ0) is 18.3. The molecule has 0 bridgehead atoms. The number of piperidine rings is 1. The van der Waals surface area contributed by atoms with Gasteiger partial charge in [-0.3, -0.25) is 4.79 Å². The molecule has 0 N–H and O–H groups in total. The molecule has 0 saturated carbocycles. The Hall–Kier alpha value is -2.23. The summed E-state index contributed by atoms with van der Waals surface area (Å²) in [4.78, 5) is 24.3. The lowest BCUT2D eigenvalue weighted by molar-refractivity contribution is 0.0962. The normalized spacial score (nSPS) is 25.9. The highest BCUT2D eigenvalue weighted by Gasteiger charge is 2.30. The summed E-state index contributed by atoms with van der Waals surface area (Å²) >= 11 is 0. The number of carbonyl (C=O) groups excluding carboxylic acids is 1. The van der Waals surface area contributed by atoms with E-state index in [-0.39, 0.29) is 11.7 Å². The van der Waals surface area contributed by atoms with Gasteiger partial charge in [0.1, 0.15) is 0 Å². The second kappa shape index (κ2) is 6.82. The fraction of sp³-hybridized carbons (Fsp3) is 0.500. The maximum atomic E-state index is 12.6. The zero-order valence-corrected chi connectivity index (χ0v) is 15.9. The summed E-state index contributed by atoms with van der Waals surface area (Å²) in [5.74, 6) is 2.49. The topological polar surface area (TPSA) is 46.1 Å². The molecule has 2 aromatic rings. The molecule has 3 atom stereocenters. The van der Waals surface area contributed by atoms with Gasteiger partial charge in [-0.25, -0.2) is 9.97 Å². The lowest BCUT2D eigenvalue weighted by atomic mass is 9.82. The van der Waals surface area contributed by atoms with Crippen LogP contribution in [0.2, 0.25) is 0 Å². The number of rotatable bonds is 2. The first-order valence-electron chi connectivity index (χ1n) is 9.70. The van der Waals surface area contributed by atoms with Crippen LogP contribution < -0.4 is 4.90 Å². The van der Waals surface area contributed by atoms with Crippen LogP contribution >= 0.6 is 0 Å². The van der Waals surface area contributed by atoms with E-state index in [0.29, 0.717) is 18.3 Å². The summed E-state index contributed by atoms with van der Waals surface area (Å²) in [6.07, 6.45) is 4.39. The van der Waals surface area contributed by atoms with Gasteiger partial charge < -0.3 is 4.90 Å². The number of nitrogens with zero attached hydrogens (tertiary/aromatic N) is 3. The first-order chi connectivity index (χ1) is 12.5. The molecule has 4 rings (SSSR count). The first kappa shape index (κ1) is 17.2. The number of anilines is 1. The highest BCUT2D eigenvalue weighted by atomic mass is 16.1. The average molecular weight is 349 g/mol. The van der Waals surface area contributed by atoms with Gasteiger partial charge >= 0.3 is 0 Å². The van der Waals surface area contributed by atoms with Crippen molar-refractivity contribution in [1.82, 2.24) is 9.97 Å². The summed E-state index contributed by atoms with van der Waals surface area (Å²) in [6.45, 7) is 8.66. The van der Waals surface area contributed by atoms with E-state index < -0.39 is 0 Å². The second-order valence-electron chi connectivity index (χ2n) is 8.32. The lowest BCUT2D eigenvalue weighted by Crippen LogP contribution is -2.40. The quantitative estimate of drug-likeness (QED) is 0.816. The first-order valence-corrected chi connectivity index (χ1v) is 9.70. The number of fused-ring (bicyclic) bond motifs is 1. The molecular formula is C22H27N3O. The SMILES string of the molecule is Cc1ccc([C@H]2CC(=O)c3cnc(N4C[C@H](C)C[C@@H](C)C4)nc3C2)cc1. The standard InChI is InChI=1S/C22H27N3O/c1-14-4-6-17(7-5-14)18-9-20-19(21(26)10-18)11-23-22(24-20)25-12-15(2)8-16(3)13-25/h4-7,11,15-16,18H,8-10,12-13H2,1-3H3/t15-,16-,18-/m1/s1. The summed E-state index contributed by atoms with van der Waals surface area (Å²) in [5, 5.41) is 0. The van der Waals surface area contributed by atoms with E-state index in [0.717, 1.165) is 36.7 Å². The van der Waals surface area contributed by atoms with Crippen molar-refractivity contribution in [1.29, 1.82) is 0 Å². The Balaban J connectivity index is 1.61. The van der Waals surface area contributed by atoms with Crippen molar-refractivity contribution in [3.63, 3.8) is 0 Å². The molecule has 1 fully saturated rings. The molecule has 0 amide bonds. The van der Waals surface area contributed by atoms with Gasteiger partial charge in [0.25, 0.3) is 0 Å². The molecule has 0 spiro atoms. The third kappa shape index (κ3) is 3.37. The van der Waals surface area contributed by atoms with Crippen molar-refractivity contribution in [2.24, 2.45) is 11.8 Å². The fourth-order valence-electron chi connectivity index (χ4n) is 4.49. The summed E-state index contributed by atoms with van der Waals surface area (Å²) in [7, 11) is 0. The van der Waals surface area contributed by atoms with Crippen molar-refractivity contribution < 1.29 is 4.79 Å². The second-order valence-corrected chi connectivity index (χ2v) is 8.32. The molecule has 1 aliphatic carbocycles. The zero-order valence-electron chi connectivity index (χ0n) is 15.9. The predicted molar refractivity (Wildman–Crippen MR) is 104 cm³/mol. The minimum atomic E-state index is 0.170. The van der Waals surface area contributed by atoms with Crippen LogP contribution in [0, 0.1) is 18.8 Å². The largest absolute Gasteiger partial charge is 0.340 e. The Labute approximate surface area is 155 Å². The molecule has 1 aromatic carbocycles. The number of aryl methyl sites for hydroxylation is 1. The van der Waals surface area contributed by atoms with Crippen LogP contribution in [0.1, 0.15) is 59.8 Å². The summed E-state index contributed by atoms with van der Waals surface area (Å²) in [6, 6.07) is 8.54. The van der Waals surface area contributed by atoms with Crippen molar-refractivity contribution in [2.75, 3.05) is 18.0 Å². The van der Waals surface area contributed by atoms with Gasteiger partial charge in [0.05, 0.1) is 11.3 Å². The van der Waals surface area contributed by atoms with Gasteiger partial charge in [0, 0.05) is 25.7 Å². The number of Topliss-reactive ketones (excluding diaryl/α,β-unsaturated/α-hetero) is 1. The van der Waals surface area contributed by atoms with Gasteiger partial charge in [-0.15, -0.1) is 0 Å². The molecule has 1 aliphatic heterocycles. The molecule has 4 nitrogen and oxygen atoms in total. The van der Waals surface area contributed by atoms with Crippen LogP contribution in [0.5, 0.6) is 0 Å². The van der Waals surface area contributed by atoms with Gasteiger partial charge in [-0.05, 0) is 43.1 Å². The van der Waals surface area contributed by atoms with E-state index in [1.807, 2.05) is 0 Å². The van der Waals surface area contributed by atoms with E-state index in [1.54, 1.807) is 6.20 Å². The van der Waals surface area contributed by atoms with Gasteiger partial charge in [0.15, 0.2) is 5.78 Å². The van der Waals surface area contributed by atoms with E-state index in [9.17, 15) is 4.79 Å². The molecule has 4 heteroatoms. The molecule has 0 unspecified atom stereocenters. The summed E-state index contributed by atoms with van der Waals surface area (Å²) in [5.41, 5.74) is 4.11.